The van der Waals surface area contributed by atoms with Crippen molar-refractivity contribution < 1.29 is 34.1 Å². The molecule has 4 heavy (non-hydrogen) atoms. The Labute approximate surface area is 68.3 Å². The van der Waals surface area contributed by atoms with Gasteiger partial charge in [0.25, 0.3) is 0 Å². The van der Waals surface area contributed by atoms with E-state index in [1.807, 2.05) is 0 Å². The molecule has 1 radical (unpaired) electrons. The van der Waals surface area contributed by atoms with Gasteiger partial charge in [-0.1, -0.05) is 0 Å². The van der Waals surface area contributed by atoms with E-state index in [1.165, 1.54) is 0 Å². The van der Waals surface area contributed by atoms with Crippen molar-refractivity contribution in [2.24, 2.45) is 0 Å². The maximum absolute atomic E-state index is 0. The Morgan fingerprint density at radius 3 is 0.750 bits per heavy atom. The summed E-state index contributed by atoms with van der Waals surface area (Å²) in [5.74, 6) is 0. The summed E-state index contributed by atoms with van der Waals surface area (Å²) in [5.41, 5.74) is 0. The minimum atomic E-state index is 0. The maximum atomic E-state index is 0. The average Bonchev–Trinajstić information content (AvgIpc) is 0. The molecule has 0 spiro atoms. The molecule has 0 aromatic carbocycles. The van der Waals surface area contributed by atoms with E-state index in [0.29, 0.717) is 0 Å². The van der Waals surface area contributed by atoms with Gasteiger partial charge in [0.05, 0.1) is 0 Å². The van der Waals surface area contributed by atoms with Gasteiger partial charge in [-0.05, 0) is 0 Å². The van der Waals surface area contributed by atoms with E-state index in [4.69, 9.17) is 0 Å². The fraction of sp³-hybridized carbons (Fsp3) is 0. The summed E-state index contributed by atoms with van der Waals surface area (Å²) >= 11 is 0. The molecule has 0 amide bonds. The van der Waals surface area contributed by atoms with Crippen LogP contribution in [-0.2, 0) is 34.1 Å². The van der Waals surface area contributed by atoms with Crippen molar-refractivity contribution in [3.8, 4) is 0 Å². The van der Waals surface area contributed by atoms with Gasteiger partial charge < -0.3 is 0 Å². The molecule has 0 aliphatic rings. The van der Waals surface area contributed by atoms with Crippen LogP contribution in [0.1, 0.15) is 0 Å². The molecule has 0 aromatic rings. The molecule has 0 aliphatic carbocycles. The molecule has 0 fully saturated rings. The monoisotopic (exact) mass is 179 g/mol. The third-order valence-electron chi connectivity index (χ3n) is 0. The first-order chi connectivity index (χ1) is 0. The SMILES string of the molecule is [AlH3].[AlH3].[Cu].[Fe]. The van der Waals surface area contributed by atoms with Crippen LogP contribution in [0.15, 0.2) is 0 Å². The van der Waals surface area contributed by atoms with Gasteiger partial charge in [-0.2, -0.15) is 0 Å². The van der Waals surface area contributed by atoms with E-state index in [-0.39, 0.29) is 68.9 Å². The predicted octanol–water partition coefficient (Wildman–Crippen LogP) is -2.37. The maximum Gasteiger partial charge on any atom is 0.187 e. The van der Waals surface area contributed by atoms with Gasteiger partial charge in [-0.25, -0.2) is 0 Å². The molecule has 0 bridgehead atoms. The average molecular weight is 179 g/mol. The summed E-state index contributed by atoms with van der Waals surface area (Å²) in [6, 6.07) is 0. The first kappa shape index (κ1) is 35.9. The largest absolute Gasteiger partial charge is 0.187 e. The van der Waals surface area contributed by atoms with Crippen molar-refractivity contribution in [2.45, 2.75) is 0 Å². The van der Waals surface area contributed by atoms with Gasteiger partial charge in [0.15, 0.2) is 34.7 Å². The summed E-state index contributed by atoms with van der Waals surface area (Å²) in [5, 5.41) is 0. The van der Waals surface area contributed by atoms with Crippen LogP contribution >= 0.6 is 0 Å². The summed E-state index contributed by atoms with van der Waals surface area (Å²) in [7, 11) is 0. The summed E-state index contributed by atoms with van der Waals surface area (Å²) in [6.45, 7) is 0. The Hall–Kier alpha value is 2.10. The number of rotatable bonds is 0. The van der Waals surface area contributed by atoms with Crippen LogP contribution in [0.25, 0.3) is 0 Å². The molecule has 0 nitrogen and oxygen atoms in total. The zero-order valence-corrected chi connectivity index (χ0v) is 2.70. The Morgan fingerprint density at radius 1 is 0.750 bits per heavy atom. The van der Waals surface area contributed by atoms with E-state index in [2.05, 4.69) is 0 Å². The predicted molar refractivity (Wildman–Crippen MR) is 19.9 cm³/mol. The van der Waals surface area contributed by atoms with Crippen LogP contribution in [0.3, 0.4) is 0 Å². The van der Waals surface area contributed by atoms with Crippen LogP contribution in [0.5, 0.6) is 0 Å². The van der Waals surface area contributed by atoms with Gasteiger partial charge in [-0.3, -0.25) is 0 Å². The normalized spacial score (nSPS) is 0. The van der Waals surface area contributed by atoms with Gasteiger partial charge >= 0.3 is 0 Å². The minimum Gasteiger partial charge on any atom is 0 e. The fourth-order valence-corrected chi connectivity index (χ4v) is 0. The molecule has 0 atom stereocenters. The molecule has 0 unspecified atom stereocenters. The van der Waals surface area contributed by atoms with Crippen molar-refractivity contribution in [3.63, 3.8) is 0 Å². The van der Waals surface area contributed by atoms with Crippen LogP contribution in [0, 0.1) is 0 Å². The van der Waals surface area contributed by atoms with Crippen molar-refractivity contribution in [1.29, 1.82) is 0 Å². The Balaban J connectivity index is 0. The van der Waals surface area contributed by atoms with Gasteiger partial charge in [0, 0.05) is 34.1 Å². The van der Waals surface area contributed by atoms with E-state index in [0.717, 1.165) is 0 Å². The van der Waals surface area contributed by atoms with E-state index < -0.39 is 0 Å². The second-order valence-corrected chi connectivity index (χ2v) is 0. The number of hydrogen-bond acceptors (Lipinski definition) is 0. The molecule has 0 aromatic heterocycles. The van der Waals surface area contributed by atoms with Crippen LogP contribution in [0.4, 0.5) is 0 Å². The Bertz CT molecular complexity index is 6.00. The van der Waals surface area contributed by atoms with Crippen molar-refractivity contribution >= 4 is 34.7 Å². The molecule has 31 valence electrons. The van der Waals surface area contributed by atoms with Crippen molar-refractivity contribution in [3.05, 3.63) is 0 Å². The van der Waals surface area contributed by atoms with Crippen molar-refractivity contribution in [2.75, 3.05) is 0 Å². The zero-order valence-electron chi connectivity index (χ0n) is 0.655. The molecule has 0 aliphatic heterocycles. The van der Waals surface area contributed by atoms with E-state index in [1.54, 1.807) is 0 Å². The van der Waals surface area contributed by atoms with Crippen molar-refractivity contribution in [1.82, 2.24) is 0 Å². The molecule has 0 N–H and O–H groups in total. The quantitative estimate of drug-likeness (QED) is 0.365. The topological polar surface area (TPSA) is 0 Å². The van der Waals surface area contributed by atoms with Gasteiger partial charge in [-0.15, -0.1) is 0 Å². The van der Waals surface area contributed by atoms with Gasteiger partial charge in [0.2, 0.25) is 0 Å². The van der Waals surface area contributed by atoms with Crippen LogP contribution < -0.4 is 0 Å². The third kappa shape index (κ3) is 8.93. The van der Waals surface area contributed by atoms with Crippen LogP contribution in [0.2, 0.25) is 0 Å². The standard InChI is InChI=1S/2Al.Cu.Fe.6H. The first-order valence-corrected chi connectivity index (χ1v) is 0. The van der Waals surface area contributed by atoms with E-state index in [9.17, 15) is 0 Å². The second-order valence-electron chi connectivity index (χ2n) is 0. The molecule has 0 saturated carbocycles. The molecule has 0 saturated heterocycles. The first-order valence-electron chi connectivity index (χ1n) is 0. The second kappa shape index (κ2) is 19.4. The Kier molecular flexibility index (Phi) is 174. The summed E-state index contributed by atoms with van der Waals surface area (Å²) in [4.78, 5) is 0. The molecular formula is H6Al2CuFe. The smallest absolute Gasteiger partial charge is 0 e. The zero-order chi connectivity index (χ0) is 0. The minimum absolute atomic E-state index is 0. The summed E-state index contributed by atoms with van der Waals surface area (Å²) in [6.07, 6.45) is 0. The number of hydrogen-bond donors (Lipinski definition) is 0. The third-order valence-corrected chi connectivity index (χ3v) is 0. The molecule has 0 heterocycles. The fourth-order valence-electron chi connectivity index (χ4n) is 0. The van der Waals surface area contributed by atoms with Gasteiger partial charge in [0.1, 0.15) is 0 Å². The van der Waals surface area contributed by atoms with E-state index >= 15 is 0 Å². The van der Waals surface area contributed by atoms with Crippen LogP contribution in [-0.4, -0.2) is 34.7 Å². The Morgan fingerprint density at radius 2 is 0.750 bits per heavy atom. The molecular weight excluding hydrogens is 173 g/mol. The summed E-state index contributed by atoms with van der Waals surface area (Å²) < 4.78 is 0. The molecule has 4 heteroatoms. The molecule has 0 rings (SSSR count).